The molecule has 5 nitrogen and oxygen atoms in total. The SMILES string of the molecule is CCC(C)NC(=O)C1CC(=O)N(c2ccc(N3CCC(C)CC3)cc2)C1. The molecule has 3 rings (SSSR count). The first kappa shape index (κ1) is 18.7. The lowest BCUT2D eigenvalue weighted by molar-refractivity contribution is -0.126. The van der Waals surface area contributed by atoms with Gasteiger partial charge in [0.15, 0.2) is 0 Å². The van der Waals surface area contributed by atoms with Gasteiger partial charge in [0.05, 0.1) is 5.92 Å². The van der Waals surface area contributed by atoms with Crippen molar-refractivity contribution in [3.63, 3.8) is 0 Å². The van der Waals surface area contributed by atoms with Crippen LogP contribution in [0.15, 0.2) is 24.3 Å². The van der Waals surface area contributed by atoms with Gasteiger partial charge in [0.2, 0.25) is 11.8 Å². The topological polar surface area (TPSA) is 52.7 Å². The van der Waals surface area contributed by atoms with Crippen LogP contribution in [0.2, 0.25) is 0 Å². The average Bonchev–Trinajstić information content (AvgIpc) is 3.04. The summed E-state index contributed by atoms with van der Waals surface area (Å²) in [7, 11) is 0. The van der Waals surface area contributed by atoms with E-state index in [0.29, 0.717) is 13.0 Å². The second-order valence-corrected chi connectivity index (χ2v) is 7.91. The first-order valence-electron chi connectivity index (χ1n) is 9.93. The molecule has 2 aliphatic heterocycles. The molecule has 5 heteroatoms. The quantitative estimate of drug-likeness (QED) is 0.880. The second kappa shape index (κ2) is 8.11. The van der Waals surface area contributed by atoms with Gasteiger partial charge < -0.3 is 15.1 Å². The maximum Gasteiger partial charge on any atom is 0.227 e. The molecule has 26 heavy (non-hydrogen) atoms. The summed E-state index contributed by atoms with van der Waals surface area (Å²) in [5.41, 5.74) is 2.11. The lowest BCUT2D eigenvalue weighted by atomic mass is 9.99. The van der Waals surface area contributed by atoms with E-state index in [4.69, 9.17) is 0 Å². The highest BCUT2D eigenvalue weighted by Crippen LogP contribution is 2.29. The van der Waals surface area contributed by atoms with Crippen molar-refractivity contribution in [3.05, 3.63) is 24.3 Å². The molecule has 1 aromatic rings. The number of nitrogens with zero attached hydrogens (tertiary/aromatic N) is 2. The largest absolute Gasteiger partial charge is 0.372 e. The van der Waals surface area contributed by atoms with Gasteiger partial charge in [0.1, 0.15) is 0 Å². The molecule has 0 aliphatic carbocycles. The standard InChI is InChI=1S/C21H31N3O2/c1-4-16(3)22-21(26)17-13-20(25)24(14-17)19-7-5-18(6-8-19)23-11-9-15(2)10-12-23/h5-8,15-17H,4,9-14H2,1-3H3,(H,22,26). The molecule has 2 atom stereocenters. The Morgan fingerprint density at radius 2 is 1.81 bits per heavy atom. The smallest absolute Gasteiger partial charge is 0.227 e. The molecule has 0 radical (unpaired) electrons. The summed E-state index contributed by atoms with van der Waals surface area (Å²) >= 11 is 0. The molecule has 2 unspecified atom stereocenters. The van der Waals surface area contributed by atoms with Gasteiger partial charge >= 0.3 is 0 Å². The van der Waals surface area contributed by atoms with E-state index in [1.54, 1.807) is 4.90 Å². The van der Waals surface area contributed by atoms with Crippen LogP contribution >= 0.6 is 0 Å². The molecule has 0 saturated carbocycles. The Bertz CT molecular complexity index is 635. The van der Waals surface area contributed by atoms with Crippen LogP contribution in [0.4, 0.5) is 11.4 Å². The molecule has 2 saturated heterocycles. The van der Waals surface area contributed by atoms with Crippen LogP contribution in [0.1, 0.15) is 46.5 Å². The fourth-order valence-electron chi connectivity index (χ4n) is 3.71. The Morgan fingerprint density at radius 1 is 1.19 bits per heavy atom. The first-order chi connectivity index (χ1) is 12.5. The van der Waals surface area contributed by atoms with Crippen molar-refractivity contribution in [2.24, 2.45) is 11.8 Å². The summed E-state index contributed by atoms with van der Waals surface area (Å²) in [4.78, 5) is 28.9. The maximum atomic E-state index is 12.4. The number of nitrogens with one attached hydrogen (secondary N) is 1. The van der Waals surface area contributed by atoms with Crippen molar-refractivity contribution in [1.82, 2.24) is 5.32 Å². The summed E-state index contributed by atoms with van der Waals surface area (Å²) in [5, 5.41) is 3.00. The normalized spacial score (nSPS) is 22.6. The second-order valence-electron chi connectivity index (χ2n) is 7.91. The summed E-state index contributed by atoms with van der Waals surface area (Å²) in [6.45, 7) is 9.02. The molecule has 2 amide bonds. The molecular formula is C21H31N3O2. The summed E-state index contributed by atoms with van der Waals surface area (Å²) < 4.78 is 0. The minimum Gasteiger partial charge on any atom is -0.372 e. The van der Waals surface area contributed by atoms with Gasteiger partial charge in [-0.1, -0.05) is 13.8 Å². The van der Waals surface area contributed by atoms with Crippen LogP contribution in [0.3, 0.4) is 0 Å². The maximum absolute atomic E-state index is 12.4. The number of piperidine rings is 1. The monoisotopic (exact) mass is 357 g/mol. The molecule has 142 valence electrons. The Hall–Kier alpha value is -2.04. The molecule has 2 heterocycles. The van der Waals surface area contributed by atoms with E-state index in [1.807, 2.05) is 26.0 Å². The average molecular weight is 357 g/mol. The molecule has 0 bridgehead atoms. The highest BCUT2D eigenvalue weighted by molar-refractivity contribution is 6.00. The number of amides is 2. The van der Waals surface area contributed by atoms with E-state index >= 15 is 0 Å². The lowest BCUT2D eigenvalue weighted by Gasteiger charge is -2.32. The molecule has 1 N–H and O–H groups in total. The third-order valence-corrected chi connectivity index (χ3v) is 5.81. The summed E-state index contributed by atoms with van der Waals surface area (Å²) in [5.74, 6) is 0.592. The Labute approximate surface area is 156 Å². The molecule has 0 spiro atoms. The molecule has 1 aromatic carbocycles. The zero-order valence-electron chi connectivity index (χ0n) is 16.2. The molecule has 2 fully saturated rings. The number of anilines is 2. The van der Waals surface area contributed by atoms with Gasteiger partial charge in [-0.05, 0) is 56.4 Å². The zero-order valence-corrected chi connectivity index (χ0v) is 16.2. The fraction of sp³-hybridized carbons (Fsp3) is 0.619. The lowest BCUT2D eigenvalue weighted by Crippen LogP contribution is -2.38. The van der Waals surface area contributed by atoms with E-state index in [-0.39, 0.29) is 23.8 Å². The van der Waals surface area contributed by atoms with Crippen LogP contribution < -0.4 is 15.1 Å². The highest BCUT2D eigenvalue weighted by atomic mass is 16.2. The van der Waals surface area contributed by atoms with Crippen LogP contribution in [0, 0.1) is 11.8 Å². The number of hydrogen-bond donors (Lipinski definition) is 1. The number of carbonyl (C=O) groups is 2. The van der Waals surface area contributed by atoms with Crippen molar-refractivity contribution in [1.29, 1.82) is 0 Å². The molecular weight excluding hydrogens is 326 g/mol. The van der Waals surface area contributed by atoms with Crippen molar-refractivity contribution < 1.29 is 9.59 Å². The Morgan fingerprint density at radius 3 is 2.42 bits per heavy atom. The van der Waals surface area contributed by atoms with Gasteiger partial charge in [0.25, 0.3) is 0 Å². The van der Waals surface area contributed by atoms with E-state index in [9.17, 15) is 9.59 Å². The highest BCUT2D eigenvalue weighted by Gasteiger charge is 2.35. The van der Waals surface area contributed by atoms with Crippen LogP contribution in [-0.2, 0) is 9.59 Å². The Kier molecular flexibility index (Phi) is 5.84. The molecule has 2 aliphatic rings. The number of benzene rings is 1. The van der Waals surface area contributed by atoms with Gasteiger partial charge in [0, 0.05) is 43.5 Å². The van der Waals surface area contributed by atoms with Gasteiger partial charge in [-0.15, -0.1) is 0 Å². The van der Waals surface area contributed by atoms with Crippen LogP contribution in [0.5, 0.6) is 0 Å². The fourth-order valence-corrected chi connectivity index (χ4v) is 3.71. The third kappa shape index (κ3) is 4.19. The van der Waals surface area contributed by atoms with Gasteiger partial charge in [-0.25, -0.2) is 0 Å². The summed E-state index contributed by atoms with van der Waals surface area (Å²) in [6.07, 6.45) is 3.67. The minimum absolute atomic E-state index is 0.00532. The summed E-state index contributed by atoms with van der Waals surface area (Å²) in [6, 6.07) is 8.38. The predicted molar refractivity (Wildman–Crippen MR) is 105 cm³/mol. The minimum atomic E-state index is -0.250. The molecule has 0 aromatic heterocycles. The number of rotatable bonds is 5. The zero-order chi connectivity index (χ0) is 18.7. The van der Waals surface area contributed by atoms with Crippen molar-refractivity contribution in [2.45, 2.75) is 52.5 Å². The van der Waals surface area contributed by atoms with Crippen LogP contribution in [0.25, 0.3) is 0 Å². The predicted octanol–water partition coefficient (Wildman–Crippen LogP) is 3.19. The van der Waals surface area contributed by atoms with E-state index < -0.39 is 0 Å². The van der Waals surface area contributed by atoms with Crippen molar-refractivity contribution >= 4 is 23.2 Å². The Balaban J connectivity index is 1.62. The van der Waals surface area contributed by atoms with Crippen molar-refractivity contribution in [2.75, 3.05) is 29.4 Å². The van der Waals surface area contributed by atoms with E-state index in [2.05, 4.69) is 29.3 Å². The van der Waals surface area contributed by atoms with E-state index in [0.717, 1.165) is 31.1 Å². The van der Waals surface area contributed by atoms with E-state index in [1.165, 1.54) is 18.5 Å². The first-order valence-corrected chi connectivity index (χ1v) is 9.93. The number of carbonyl (C=O) groups excluding carboxylic acids is 2. The van der Waals surface area contributed by atoms with Gasteiger partial charge in [-0.2, -0.15) is 0 Å². The van der Waals surface area contributed by atoms with Crippen LogP contribution in [-0.4, -0.2) is 37.5 Å². The van der Waals surface area contributed by atoms with Crippen molar-refractivity contribution in [3.8, 4) is 0 Å². The van der Waals surface area contributed by atoms with Gasteiger partial charge in [-0.3, -0.25) is 9.59 Å². The third-order valence-electron chi connectivity index (χ3n) is 5.81. The number of hydrogen-bond acceptors (Lipinski definition) is 3.